The number of rotatable bonds is 7. The van der Waals surface area contributed by atoms with Gasteiger partial charge >= 0.3 is 41.7 Å². The van der Waals surface area contributed by atoms with E-state index < -0.39 is 58.7 Å². The smallest absolute Gasteiger partial charge is 0.395 e. The van der Waals surface area contributed by atoms with Crippen molar-refractivity contribution in [3.8, 4) is 0 Å². The van der Waals surface area contributed by atoms with Crippen molar-refractivity contribution in [1.82, 2.24) is 0 Å². The minimum Gasteiger partial charge on any atom is -0.395 e. The van der Waals surface area contributed by atoms with Crippen LogP contribution in [-0.4, -0.2) is 57.3 Å². The molecule has 0 aliphatic rings. The van der Waals surface area contributed by atoms with Crippen molar-refractivity contribution in [1.29, 1.82) is 0 Å². The Morgan fingerprint density at radius 3 is 1.19 bits per heavy atom. The first-order valence-corrected chi connectivity index (χ1v) is 7.28. The highest BCUT2D eigenvalue weighted by Crippen LogP contribution is 2.64. The van der Waals surface area contributed by atoms with E-state index in [0.717, 1.165) is 22.6 Å². The fourth-order valence-corrected chi connectivity index (χ4v) is 2.18. The van der Waals surface area contributed by atoms with E-state index in [1.807, 2.05) is 0 Å². The standard InChI is InChI=1S/C10H6F15IO/c11-4(12,1-3(26)2-27)6(14,15)8(18,19)7(16,17)5(13,9(20,21)22)10(23,24)25/h3,27H,1-2H2/t3-/m1/s1. The Bertz CT molecular complexity index is 508. The number of aliphatic hydroxyl groups excluding tert-OH is 1. The zero-order chi connectivity index (χ0) is 22.5. The summed E-state index contributed by atoms with van der Waals surface area (Å²) in [6.07, 6.45) is -18.4. The van der Waals surface area contributed by atoms with Gasteiger partial charge in [0, 0.05) is 10.3 Å². The Labute approximate surface area is 153 Å². The van der Waals surface area contributed by atoms with Gasteiger partial charge in [-0.2, -0.15) is 61.5 Å². The van der Waals surface area contributed by atoms with E-state index in [-0.39, 0.29) is 0 Å². The van der Waals surface area contributed by atoms with E-state index in [0.29, 0.717) is 0 Å². The number of hydrogen-bond donors (Lipinski definition) is 1. The molecule has 0 bridgehead atoms. The van der Waals surface area contributed by atoms with Gasteiger partial charge in [-0.25, -0.2) is 4.39 Å². The highest BCUT2D eigenvalue weighted by molar-refractivity contribution is 14.1. The van der Waals surface area contributed by atoms with Crippen LogP contribution in [-0.2, 0) is 0 Å². The van der Waals surface area contributed by atoms with Crippen LogP contribution in [0, 0.1) is 0 Å². The summed E-state index contributed by atoms with van der Waals surface area (Å²) < 4.78 is 191. The minimum absolute atomic E-state index is 0.732. The molecule has 0 unspecified atom stereocenters. The lowest BCUT2D eigenvalue weighted by Crippen LogP contribution is -2.75. The first-order chi connectivity index (χ1) is 11.5. The summed E-state index contributed by atoms with van der Waals surface area (Å²) >= 11 is 0.732. The van der Waals surface area contributed by atoms with Gasteiger partial charge in [0.25, 0.3) is 0 Å². The largest absolute Gasteiger partial charge is 0.438 e. The van der Waals surface area contributed by atoms with Gasteiger partial charge in [-0.05, 0) is 0 Å². The maximum Gasteiger partial charge on any atom is 0.438 e. The van der Waals surface area contributed by atoms with Crippen molar-refractivity contribution in [2.45, 2.75) is 52.1 Å². The van der Waals surface area contributed by atoms with E-state index >= 15 is 0 Å². The molecule has 0 rings (SSSR count). The molecule has 0 amide bonds. The van der Waals surface area contributed by atoms with Crippen LogP contribution >= 0.6 is 22.6 Å². The van der Waals surface area contributed by atoms with Crippen LogP contribution in [0.25, 0.3) is 0 Å². The minimum atomic E-state index is -8.40. The second-order valence-electron chi connectivity index (χ2n) is 5.07. The summed E-state index contributed by atoms with van der Waals surface area (Å²) in [4.78, 5) is 0. The van der Waals surface area contributed by atoms with Gasteiger partial charge in [0.1, 0.15) is 0 Å². The van der Waals surface area contributed by atoms with Gasteiger partial charge < -0.3 is 5.11 Å². The summed E-state index contributed by atoms with van der Waals surface area (Å²) in [6, 6.07) is 0. The number of alkyl halides is 16. The fraction of sp³-hybridized carbons (Fsp3) is 1.00. The molecule has 0 spiro atoms. The normalized spacial score (nSPS) is 17.2. The third-order valence-electron chi connectivity index (χ3n) is 3.14. The Morgan fingerprint density at radius 2 is 0.926 bits per heavy atom. The molecule has 0 heterocycles. The summed E-state index contributed by atoms with van der Waals surface area (Å²) in [5.41, 5.74) is -8.28. The summed E-state index contributed by atoms with van der Waals surface area (Å²) in [7, 11) is 0. The van der Waals surface area contributed by atoms with E-state index in [9.17, 15) is 65.9 Å². The van der Waals surface area contributed by atoms with Crippen molar-refractivity contribution < 1.29 is 71.0 Å². The van der Waals surface area contributed by atoms with E-state index in [1.165, 1.54) is 0 Å². The van der Waals surface area contributed by atoms with Crippen LogP contribution in [0.1, 0.15) is 6.42 Å². The summed E-state index contributed by atoms with van der Waals surface area (Å²) in [5, 5.41) is 8.39. The van der Waals surface area contributed by atoms with Crippen LogP contribution in [0.5, 0.6) is 0 Å². The summed E-state index contributed by atoms with van der Waals surface area (Å²) in [5.74, 6) is -30.5. The molecule has 0 aromatic carbocycles. The van der Waals surface area contributed by atoms with Crippen molar-refractivity contribution in [2.75, 3.05) is 6.61 Å². The highest BCUT2D eigenvalue weighted by Gasteiger charge is 2.95. The number of halogens is 16. The molecule has 0 aliphatic carbocycles. The average Bonchev–Trinajstić information content (AvgIpc) is 2.42. The monoisotopic (exact) mass is 554 g/mol. The molecule has 0 aromatic heterocycles. The Balaban J connectivity index is 6.60. The van der Waals surface area contributed by atoms with Crippen LogP contribution < -0.4 is 0 Å². The second kappa shape index (κ2) is 7.16. The Morgan fingerprint density at radius 1 is 0.593 bits per heavy atom. The molecule has 0 radical (unpaired) electrons. The highest BCUT2D eigenvalue weighted by atomic mass is 127. The van der Waals surface area contributed by atoms with Crippen molar-refractivity contribution >= 4 is 22.6 Å². The van der Waals surface area contributed by atoms with Crippen LogP contribution in [0.2, 0.25) is 0 Å². The van der Waals surface area contributed by atoms with Gasteiger partial charge in [0.15, 0.2) is 0 Å². The van der Waals surface area contributed by atoms with Gasteiger partial charge in [-0.3, -0.25) is 0 Å². The third kappa shape index (κ3) is 3.90. The molecule has 0 saturated heterocycles. The van der Waals surface area contributed by atoms with E-state index in [2.05, 4.69) is 0 Å². The molecule has 27 heavy (non-hydrogen) atoms. The third-order valence-corrected chi connectivity index (χ3v) is 3.97. The Kier molecular flexibility index (Phi) is 7.06. The Hall–Kier alpha value is -0.360. The van der Waals surface area contributed by atoms with Crippen molar-refractivity contribution in [2.24, 2.45) is 0 Å². The lowest BCUT2D eigenvalue weighted by atomic mass is 9.85. The maximum atomic E-state index is 13.3. The molecule has 1 N–H and O–H groups in total. The molecule has 17 heteroatoms. The van der Waals surface area contributed by atoms with E-state index in [1.54, 1.807) is 0 Å². The van der Waals surface area contributed by atoms with Gasteiger partial charge in [-0.1, -0.05) is 22.6 Å². The SMILES string of the molecule is OC[C@H](I)CC(F)(F)C(F)(F)C(F)(F)C(F)(F)C(F)(C(F)(F)F)C(F)(F)F. The molecular weight excluding hydrogens is 548 g/mol. The molecule has 164 valence electrons. The maximum absolute atomic E-state index is 13.3. The molecular formula is C10H6F15IO. The summed E-state index contributed by atoms with van der Waals surface area (Å²) in [6.45, 7) is -1.42. The second-order valence-corrected chi connectivity index (χ2v) is 6.83. The van der Waals surface area contributed by atoms with Gasteiger partial charge in [0.2, 0.25) is 0 Å². The molecule has 0 aromatic rings. The van der Waals surface area contributed by atoms with Crippen molar-refractivity contribution in [3.05, 3.63) is 0 Å². The predicted octanol–water partition coefficient (Wildman–Crippen LogP) is 5.55. The van der Waals surface area contributed by atoms with Crippen LogP contribution in [0.15, 0.2) is 0 Å². The zero-order valence-corrected chi connectivity index (χ0v) is 14.1. The first kappa shape index (κ1) is 26.6. The lowest BCUT2D eigenvalue weighted by Gasteiger charge is -2.43. The topological polar surface area (TPSA) is 20.2 Å². The zero-order valence-electron chi connectivity index (χ0n) is 12.0. The quantitative estimate of drug-likeness (QED) is 0.249. The molecule has 0 saturated carbocycles. The number of hydrogen-bond acceptors (Lipinski definition) is 1. The fourth-order valence-electron chi connectivity index (χ4n) is 1.63. The van der Waals surface area contributed by atoms with E-state index in [4.69, 9.17) is 5.11 Å². The average molecular weight is 554 g/mol. The lowest BCUT2D eigenvalue weighted by molar-refractivity contribution is -0.457. The van der Waals surface area contributed by atoms with Crippen molar-refractivity contribution in [3.63, 3.8) is 0 Å². The van der Waals surface area contributed by atoms with Gasteiger partial charge in [-0.15, -0.1) is 0 Å². The molecule has 1 nitrogen and oxygen atoms in total. The molecule has 0 fully saturated rings. The molecule has 0 aliphatic heterocycles. The predicted molar refractivity (Wildman–Crippen MR) is 65.2 cm³/mol. The number of aliphatic hydroxyl groups is 1. The van der Waals surface area contributed by atoms with Crippen LogP contribution in [0.3, 0.4) is 0 Å². The van der Waals surface area contributed by atoms with Gasteiger partial charge in [0.05, 0.1) is 6.61 Å². The van der Waals surface area contributed by atoms with Crippen LogP contribution in [0.4, 0.5) is 65.9 Å². The molecule has 1 atom stereocenters. The first-order valence-electron chi connectivity index (χ1n) is 6.04.